The second-order valence-electron chi connectivity index (χ2n) is 5.02. The molecule has 1 aromatic rings. The van der Waals surface area contributed by atoms with Gasteiger partial charge in [0.05, 0.1) is 10.4 Å². The Labute approximate surface area is 116 Å². The average molecular weight is 285 g/mol. The molecule has 0 spiro atoms. The molecule has 0 fully saturated rings. The van der Waals surface area contributed by atoms with Crippen molar-refractivity contribution in [2.45, 2.75) is 26.7 Å². The predicted molar refractivity (Wildman–Crippen MR) is 73.3 cm³/mol. The number of carbonyl (C=O) groups excluding carboxylic acids is 1. The van der Waals surface area contributed by atoms with Crippen LogP contribution in [-0.2, 0) is 4.79 Å². The second kappa shape index (κ2) is 6.51. The number of thiazole rings is 1. The lowest BCUT2D eigenvalue weighted by Gasteiger charge is -2.20. The van der Waals surface area contributed by atoms with Crippen LogP contribution in [0, 0.1) is 5.41 Å². The zero-order valence-electron chi connectivity index (χ0n) is 11.3. The Balaban J connectivity index is 2.31. The number of carbonyl (C=O) groups is 2. The molecule has 0 aliphatic heterocycles. The van der Waals surface area contributed by atoms with Crippen LogP contribution in [-0.4, -0.2) is 35.2 Å². The van der Waals surface area contributed by atoms with Crippen molar-refractivity contribution in [1.29, 1.82) is 0 Å². The minimum absolute atomic E-state index is 0.0831. The minimum atomic E-state index is -0.974. The smallest absolute Gasteiger partial charge is 0.314 e. The van der Waals surface area contributed by atoms with Crippen molar-refractivity contribution < 1.29 is 14.7 Å². The molecule has 0 aliphatic carbocycles. The standard InChI is InChI=1S/C12H19N3O3S/c1-8(9-13-4-5-19-9)6-14-11(18)15-7-12(2,3)10(16)17/h4-5,8H,6-7H2,1-3H3,(H,16,17)(H2,14,15,18). The summed E-state index contributed by atoms with van der Waals surface area (Å²) in [4.78, 5) is 26.6. The number of rotatable bonds is 6. The highest BCUT2D eigenvalue weighted by molar-refractivity contribution is 7.09. The van der Waals surface area contributed by atoms with Gasteiger partial charge in [-0.3, -0.25) is 4.79 Å². The number of aromatic nitrogens is 1. The molecule has 106 valence electrons. The molecule has 0 radical (unpaired) electrons. The van der Waals surface area contributed by atoms with Crippen molar-refractivity contribution in [3.05, 3.63) is 16.6 Å². The Morgan fingerprint density at radius 3 is 2.68 bits per heavy atom. The molecule has 0 bridgehead atoms. The maximum absolute atomic E-state index is 11.6. The van der Waals surface area contributed by atoms with Gasteiger partial charge >= 0.3 is 12.0 Å². The van der Waals surface area contributed by atoms with E-state index in [0.717, 1.165) is 5.01 Å². The summed E-state index contributed by atoms with van der Waals surface area (Å²) in [6.07, 6.45) is 1.73. The lowest BCUT2D eigenvalue weighted by atomic mass is 9.94. The molecule has 1 unspecified atom stereocenters. The van der Waals surface area contributed by atoms with Gasteiger partial charge in [0.2, 0.25) is 0 Å². The highest BCUT2D eigenvalue weighted by atomic mass is 32.1. The van der Waals surface area contributed by atoms with Crippen LogP contribution in [0.15, 0.2) is 11.6 Å². The molecular formula is C12H19N3O3S. The lowest BCUT2D eigenvalue weighted by Crippen LogP contribution is -2.44. The van der Waals surface area contributed by atoms with Crippen LogP contribution < -0.4 is 10.6 Å². The number of hydrogen-bond donors (Lipinski definition) is 3. The highest BCUT2D eigenvalue weighted by Crippen LogP contribution is 2.16. The van der Waals surface area contributed by atoms with Crippen LogP contribution >= 0.6 is 11.3 Å². The van der Waals surface area contributed by atoms with E-state index in [1.807, 2.05) is 12.3 Å². The Kier molecular flexibility index (Phi) is 5.29. The Morgan fingerprint density at radius 1 is 1.47 bits per heavy atom. The van der Waals surface area contributed by atoms with Crippen molar-refractivity contribution in [2.24, 2.45) is 5.41 Å². The Morgan fingerprint density at radius 2 is 2.16 bits per heavy atom. The summed E-state index contributed by atoms with van der Waals surface area (Å²) < 4.78 is 0. The topological polar surface area (TPSA) is 91.3 Å². The van der Waals surface area contributed by atoms with E-state index in [1.54, 1.807) is 31.4 Å². The highest BCUT2D eigenvalue weighted by Gasteiger charge is 2.27. The number of nitrogens with zero attached hydrogens (tertiary/aromatic N) is 1. The third-order valence-corrected chi connectivity index (χ3v) is 3.72. The fourth-order valence-electron chi connectivity index (χ4n) is 1.25. The number of carboxylic acids is 1. The second-order valence-corrected chi connectivity index (χ2v) is 5.95. The van der Waals surface area contributed by atoms with E-state index in [4.69, 9.17) is 5.11 Å². The molecular weight excluding hydrogens is 266 g/mol. The van der Waals surface area contributed by atoms with Crippen molar-refractivity contribution in [1.82, 2.24) is 15.6 Å². The number of hydrogen-bond acceptors (Lipinski definition) is 4. The fourth-order valence-corrected chi connectivity index (χ4v) is 1.95. The zero-order valence-corrected chi connectivity index (χ0v) is 12.1. The first kappa shape index (κ1) is 15.4. The van der Waals surface area contributed by atoms with E-state index in [-0.39, 0.29) is 18.5 Å². The Bertz CT molecular complexity index is 431. The summed E-state index contributed by atoms with van der Waals surface area (Å²) in [5.74, 6) is -0.804. The molecule has 3 N–H and O–H groups in total. The van der Waals surface area contributed by atoms with Gasteiger partial charge in [-0.1, -0.05) is 6.92 Å². The third-order valence-electron chi connectivity index (χ3n) is 2.71. The average Bonchev–Trinajstić information content (AvgIpc) is 2.87. The molecule has 6 nitrogen and oxygen atoms in total. The van der Waals surface area contributed by atoms with E-state index < -0.39 is 11.4 Å². The first-order chi connectivity index (χ1) is 8.83. The molecule has 2 amide bonds. The van der Waals surface area contributed by atoms with Gasteiger partial charge in [-0.25, -0.2) is 9.78 Å². The first-order valence-electron chi connectivity index (χ1n) is 5.97. The third kappa shape index (κ3) is 4.86. The molecule has 1 atom stereocenters. The zero-order chi connectivity index (χ0) is 14.5. The molecule has 0 saturated carbocycles. The molecule has 1 aromatic heterocycles. The first-order valence-corrected chi connectivity index (χ1v) is 6.85. The maximum atomic E-state index is 11.6. The SMILES string of the molecule is CC(CNC(=O)NCC(C)(C)C(=O)O)c1nccs1. The van der Waals surface area contributed by atoms with Crippen molar-refractivity contribution in [3.63, 3.8) is 0 Å². The summed E-state index contributed by atoms with van der Waals surface area (Å²) in [7, 11) is 0. The van der Waals surface area contributed by atoms with Gasteiger partial charge in [-0.2, -0.15) is 0 Å². The minimum Gasteiger partial charge on any atom is -0.481 e. The number of nitrogens with one attached hydrogen (secondary N) is 2. The molecule has 7 heteroatoms. The van der Waals surface area contributed by atoms with Crippen LogP contribution in [0.1, 0.15) is 31.7 Å². The van der Waals surface area contributed by atoms with Gasteiger partial charge in [0.15, 0.2) is 0 Å². The van der Waals surface area contributed by atoms with E-state index in [9.17, 15) is 9.59 Å². The molecule has 0 aromatic carbocycles. The van der Waals surface area contributed by atoms with Gasteiger partial charge in [0.1, 0.15) is 0 Å². The van der Waals surface area contributed by atoms with Crippen molar-refractivity contribution in [3.8, 4) is 0 Å². The summed E-state index contributed by atoms with van der Waals surface area (Å²) >= 11 is 1.54. The number of amides is 2. The van der Waals surface area contributed by atoms with E-state index >= 15 is 0 Å². The quantitative estimate of drug-likeness (QED) is 0.741. The van der Waals surface area contributed by atoms with E-state index in [1.165, 1.54) is 0 Å². The summed E-state index contributed by atoms with van der Waals surface area (Å²) in [5.41, 5.74) is -0.974. The van der Waals surface area contributed by atoms with Crippen LogP contribution in [0.3, 0.4) is 0 Å². The molecule has 0 saturated heterocycles. The van der Waals surface area contributed by atoms with Gasteiger partial charge in [-0.05, 0) is 13.8 Å². The molecule has 1 rings (SSSR count). The number of carboxylic acid groups (broad SMARTS) is 1. The van der Waals surface area contributed by atoms with Crippen LogP contribution in [0.5, 0.6) is 0 Å². The van der Waals surface area contributed by atoms with Crippen LogP contribution in [0.4, 0.5) is 4.79 Å². The van der Waals surface area contributed by atoms with Gasteiger partial charge in [-0.15, -0.1) is 11.3 Å². The largest absolute Gasteiger partial charge is 0.481 e. The van der Waals surface area contributed by atoms with Gasteiger partial charge in [0.25, 0.3) is 0 Å². The normalized spacial score (nSPS) is 12.8. The number of aliphatic carboxylic acids is 1. The maximum Gasteiger partial charge on any atom is 0.314 e. The monoisotopic (exact) mass is 285 g/mol. The Hall–Kier alpha value is -1.63. The predicted octanol–water partition coefficient (Wildman–Crippen LogP) is 1.66. The van der Waals surface area contributed by atoms with Crippen molar-refractivity contribution >= 4 is 23.3 Å². The fraction of sp³-hybridized carbons (Fsp3) is 0.583. The van der Waals surface area contributed by atoms with E-state index in [2.05, 4.69) is 15.6 Å². The summed E-state index contributed by atoms with van der Waals surface area (Å²) in [6.45, 7) is 5.65. The summed E-state index contributed by atoms with van der Waals surface area (Å²) in [6, 6.07) is -0.363. The van der Waals surface area contributed by atoms with Gasteiger partial charge in [0, 0.05) is 30.6 Å². The van der Waals surface area contributed by atoms with Crippen molar-refractivity contribution in [2.75, 3.05) is 13.1 Å². The van der Waals surface area contributed by atoms with Crippen LogP contribution in [0.2, 0.25) is 0 Å². The lowest BCUT2D eigenvalue weighted by molar-refractivity contribution is -0.146. The van der Waals surface area contributed by atoms with Gasteiger partial charge < -0.3 is 15.7 Å². The summed E-state index contributed by atoms with van der Waals surface area (Å²) in [5, 5.41) is 17.0. The van der Waals surface area contributed by atoms with E-state index in [0.29, 0.717) is 6.54 Å². The molecule has 19 heavy (non-hydrogen) atoms. The molecule has 1 heterocycles. The number of urea groups is 1. The van der Waals surface area contributed by atoms with Crippen LogP contribution in [0.25, 0.3) is 0 Å². The molecule has 0 aliphatic rings.